The Balaban J connectivity index is 1.24. The van der Waals surface area contributed by atoms with E-state index in [1.807, 2.05) is 35.2 Å². The van der Waals surface area contributed by atoms with Crippen LogP contribution in [0.4, 0.5) is 0 Å². The van der Waals surface area contributed by atoms with Gasteiger partial charge in [-0.2, -0.15) is 0 Å². The van der Waals surface area contributed by atoms with Gasteiger partial charge in [0.2, 0.25) is 6.79 Å². The third-order valence-electron chi connectivity index (χ3n) is 5.38. The smallest absolute Gasteiger partial charge is 0.265 e. The summed E-state index contributed by atoms with van der Waals surface area (Å²) in [6.45, 7) is 4.53. The molecule has 1 saturated heterocycles. The number of hydrogen-bond acceptors (Lipinski definition) is 4. The average Bonchev–Trinajstić information content (AvgIpc) is 3.32. The number of carbonyl (C=O) groups excluding carboxylic acids is 1. The van der Waals surface area contributed by atoms with Crippen LogP contribution in [0.1, 0.15) is 15.2 Å². The Kier molecular flexibility index (Phi) is 4.62. The number of rotatable bonds is 3. The van der Waals surface area contributed by atoms with Crippen molar-refractivity contribution in [3.63, 3.8) is 0 Å². The molecule has 144 valence electrons. The number of nitrogens with zero attached hydrogens (tertiary/aromatic N) is 1. The molecule has 2 aliphatic heterocycles. The molecule has 2 aromatic carbocycles. The summed E-state index contributed by atoms with van der Waals surface area (Å²) in [6, 6.07) is 14.0. The van der Waals surface area contributed by atoms with E-state index in [1.165, 1.54) is 21.8 Å². The Morgan fingerprint density at radius 2 is 1.89 bits per heavy atom. The van der Waals surface area contributed by atoms with Crippen LogP contribution in [0.5, 0.6) is 11.5 Å². The Labute approximate surface area is 172 Å². The van der Waals surface area contributed by atoms with Gasteiger partial charge in [-0.3, -0.25) is 4.79 Å². The Hall–Kier alpha value is -2.28. The summed E-state index contributed by atoms with van der Waals surface area (Å²) in [7, 11) is 0. The zero-order chi connectivity index (χ0) is 19.1. The minimum absolute atomic E-state index is 0.0494. The SMILES string of the molecule is O=C(c1sc2ccccc2c1Cl)N1CC[NH+](Cc2ccc3c(c2)OCO3)CC1. The van der Waals surface area contributed by atoms with Gasteiger partial charge in [-0.1, -0.05) is 29.8 Å². The van der Waals surface area contributed by atoms with Crippen LogP contribution in [0.2, 0.25) is 5.02 Å². The van der Waals surface area contributed by atoms with E-state index in [0.29, 0.717) is 16.7 Å². The molecule has 2 aliphatic rings. The summed E-state index contributed by atoms with van der Waals surface area (Å²) in [4.78, 5) is 17.0. The van der Waals surface area contributed by atoms with E-state index in [-0.39, 0.29) is 5.91 Å². The van der Waals surface area contributed by atoms with Gasteiger partial charge < -0.3 is 19.3 Å². The van der Waals surface area contributed by atoms with E-state index in [2.05, 4.69) is 12.1 Å². The molecule has 5 nitrogen and oxygen atoms in total. The van der Waals surface area contributed by atoms with Crippen molar-refractivity contribution in [2.24, 2.45) is 0 Å². The minimum atomic E-state index is 0.0494. The molecular weight excluding hydrogens is 396 g/mol. The molecule has 1 N–H and O–H groups in total. The quantitative estimate of drug-likeness (QED) is 0.715. The molecule has 3 aromatic rings. The molecule has 0 aliphatic carbocycles. The lowest BCUT2D eigenvalue weighted by Gasteiger charge is -2.32. The number of thiophene rings is 1. The molecule has 0 unspecified atom stereocenters. The van der Waals surface area contributed by atoms with E-state index in [1.54, 1.807) is 0 Å². The number of fused-ring (bicyclic) bond motifs is 2. The zero-order valence-corrected chi connectivity index (χ0v) is 16.8. The predicted octanol–water partition coefficient (Wildman–Crippen LogP) is 2.82. The molecular formula is C21H20ClN2O3S+. The lowest BCUT2D eigenvalue weighted by molar-refractivity contribution is -0.917. The van der Waals surface area contributed by atoms with Crippen LogP contribution >= 0.6 is 22.9 Å². The Bertz CT molecular complexity index is 1040. The van der Waals surface area contributed by atoms with Gasteiger partial charge in [-0.15, -0.1) is 11.3 Å². The number of carbonyl (C=O) groups is 1. The topological polar surface area (TPSA) is 43.2 Å². The van der Waals surface area contributed by atoms with Crippen LogP contribution in [0, 0.1) is 0 Å². The summed E-state index contributed by atoms with van der Waals surface area (Å²) in [5, 5.41) is 1.55. The van der Waals surface area contributed by atoms with Gasteiger partial charge in [-0.25, -0.2) is 0 Å². The minimum Gasteiger partial charge on any atom is -0.454 e. The van der Waals surface area contributed by atoms with E-state index >= 15 is 0 Å². The second-order valence-electron chi connectivity index (χ2n) is 7.15. The maximum absolute atomic E-state index is 13.0. The molecule has 0 radical (unpaired) electrons. The second-order valence-corrected chi connectivity index (χ2v) is 8.58. The van der Waals surface area contributed by atoms with Crippen molar-refractivity contribution < 1.29 is 19.2 Å². The maximum Gasteiger partial charge on any atom is 0.265 e. The number of halogens is 1. The first-order valence-corrected chi connectivity index (χ1v) is 10.6. The molecule has 7 heteroatoms. The van der Waals surface area contributed by atoms with Crippen LogP contribution in [0.3, 0.4) is 0 Å². The van der Waals surface area contributed by atoms with Gasteiger partial charge >= 0.3 is 0 Å². The number of benzene rings is 2. The van der Waals surface area contributed by atoms with Gasteiger partial charge in [0.15, 0.2) is 11.5 Å². The Morgan fingerprint density at radius 3 is 2.71 bits per heavy atom. The summed E-state index contributed by atoms with van der Waals surface area (Å²) in [5.74, 6) is 1.69. The fraction of sp³-hybridized carbons (Fsp3) is 0.286. The van der Waals surface area contributed by atoms with Gasteiger partial charge in [-0.05, 0) is 24.3 Å². The first-order valence-electron chi connectivity index (χ1n) is 9.37. The van der Waals surface area contributed by atoms with Gasteiger partial charge in [0.1, 0.15) is 11.4 Å². The fourth-order valence-electron chi connectivity index (χ4n) is 3.84. The number of quaternary nitrogens is 1. The van der Waals surface area contributed by atoms with Crippen LogP contribution in [0.25, 0.3) is 10.1 Å². The largest absolute Gasteiger partial charge is 0.454 e. The number of hydrogen-bond donors (Lipinski definition) is 1. The van der Waals surface area contributed by atoms with Crippen LogP contribution in [-0.4, -0.2) is 43.8 Å². The fourth-order valence-corrected chi connectivity index (χ4v) is 5.32. The van der Waals surface area contributed by atoms with Gasteiger partial charge in [0, 0.05) is 15.6 Å². The Morgan fingerprint density at radius 1 is 1.11 bits per heavy atom. The molecule has 5 rings (SSSR count). The molecule has 1 fully saturated rings. The van der Waals surface area contributed by atoms with Crippen molar-refractivity contribution >= 4 is 38.9 Å². The third kappa shape index (κ3) is 3.21. The number of piperazine rings is 1. The van der Waals surface area contributed by atoms with Crippen molar-refractivity contribution in [2.45, 2.75) is 6.54 Å². The highest BCUT2D eigenvalue weighted by atomic mass is 35.5. The lowest BCUT2D eigenvalue weighted by Crippen LogP contribution is -3.13. The zero-order valence-electron chi connectivity index (χ0n) is 15.2. The second kappa shape index (κ2) is 7.28. The number of nitrogens with one attached hydrogen (secondary N) is 1. The van der Waals surface area contributed by atoms with Crippen molar-refractivity contribution in [2.75, 3.05) is 33.0 Å². The first-order chi connectivity index (χ1) is 13.7. The monoisotopic (exact) mass is 415 g/mol. The van der Waals surface area contributed by atoms with E-state index in [4.69, 9.17) is 21.1 Å². The summed E-state index contributed by atoms with van der Waals surface area (Å²) in [5.41, 5.74) is 1.23. The molecule has 3 heterocycles. The van der Waals surface area contributed by atoms with Crippen molar-refractivity contribution in [1.82, 2.24) is 4.90 Å². The number of ether oxygens (including phenoxy) is 2. The predicted molar refractivity (Wildman–Crippen MR) is 110 cm³/mol. The van der Waals surface area contributed by atoms with Crippen molar-refractivity contribution in [1.29, 1.82) is 0 Å². The highest BCUT2D eigenvalue weighted by Crippen LogP contribution is 2.36. The van der Waals surface area contributed by atoms with Crippen LogP contribution in [0.15, 0.2) is 42.5 Å². The molecule has 0 saturated carbocycles. The number of amides is 1. The highest BCUT2D eigenvalue weighted by molar-refractivity contribution is 7.21. The molecule has 28 heavy (non-hydrogen) atoms. The maximum atomic E-state index is 13.0. The standard InChI is InChI=1S/C21H19ClN2O3S/c22-19-15-3-1-2-4-18(15)28-20(19)21(25)24-9-7-23(8-10-24)12-14-5-6-16-17(11-14)27-13-26-16/h1-6,11H,7-10,12-13H2/p+1. The van der Waals surface area contributed by atoms with Crippen LogP contribution in [-0.2, 0) is 6.54 Å². The normalized spacial score (nSPS) is 16.7. The third-order valence-corrected chi connectivity index (χ3v) is 7.04. The summed E-state index contributed by atoms with van der Waals surface area (Å²) >= 11 is 7.97. The van der Waals surface area contributed by atoms with Crippen molar-refractivity contribution in [3.05, 3.63) is 57.9 Å². The molecule has 1 amide bonds. The molecule has 1 aromatic heterocycles. The van der Waals surface area contributed by atoms with Gasteiger partial charge in [0.05, 0.1) is 31.2 Å². The molecule has 0 bridgehead atoms. The van der Waals surface area contributed by atoms with E-state index < -0.39 is 0 Å². The molecule has 0 atom stereocenters. The van der Waals surface area contributed by atoms with Gasteiger partial charge in [0.25, 0.3) is 5.91 Å². The van der Waals surface area contributed by atoms with E-state index in [0.717, 1.165) is 54.3 Å². The highest BCUT2D eigenvalue weighted by Gasteiger charge is 2.28. The van der Waals surface area contributed by atoms with Crippen LogP contribution < -0.4 is 14.4 Å². The summed E-state index contributed by atoms with van der Waals surface area (Å²) < 4.78 is 11.9. The lowest BCUT2D eigenvalue weighted by atomic mass is 10.1. The average molecular weight is 416 g/mol. The molecule has 0 spiro atoms. The first kappa shape index (κ1) is 17.8. The summed E-state index contributed by atoms with van der Waals surface area (Å²) in [6.07, 6.45) is 0. The van der Waals surface area contributed by atoms with E-state index in [9.17, 15) is 4.79 Å². The van der Waals surface area contributed by atoms with Crippen molar-refractivity contribution in [3.8, 4) is 11.5 Å².